The van der Waals surface area contributed by atoms with Crippen LogP contribution in [0.3, 0.4) is 0 Å². The fourth-order valence-electron chi connectivity index (χ4n) is 2.33. The van der Waals surface area contributed by atoms with Gasteiger partial charge in [0.05, 0.1) is 21.6 Å². The topological polar surface area (TPSA) is 69.0 Å². The average molecular weight is 439 g/mol. The van der Waals surface area contributed by atoms with Crippen molar-refractivity contribution in [1.82, 2.24) is 9.55 Å². The molecule has 0 spiro atoms. The highest BCUT2D eigenvalue weighted by atomic mass is 79.9. The van der Waals surface area contributed by atoms with Crippen molar-refractivity contribution in [3.63, 3.8) is 0 Å². The average Bonchev–Trinajstić information content (AvgIpc) is 2.59. The maximum absolute atomic E-state index is 12.4. The van der Waals surface area contributed by atoms with Gasteiger partial charge in [-0.1, -0.05) is 39.8 Å². The van der Waals surface area contributed by atoms with E-state index in [2.05, 4.69) is 20.9 Å². The first-order valence-electron chi connectivity index (χ1n) is 7.45. The number of benzene rings is 2. The molecule has 0 atom stereocenters. The van der Waals surface area contributed by atoms with Crippen LogP contribution in [0.15, 0.2) is 67.9 Å². The van der Waals surface area contributed by atoms with Gasteiger partial charge in [0, 0.05) is 17.3 Å². The van der Waals surface area contributed by atoms with Crippen molar-refractivity contribution >= 4 is 48.4 Å². The third kappa shape index (κ3) is 3.96. The molecule has 5 nitrogen and oxygen atoms in total. The van der Waals surface area contributed by atoms with Gasteiger partial charge in [-0.15, -0.1) is 0 Å². The van der Waals surface area contributed by atoms with E-state index >= 15 is 0 Å². The molecule has 0 fully saturated rings. The summed E-state index contributed by atoms with van der Waals surface area (Å²) in [6.45, 7) is 0. The Bertz CT molecular complexity index is 1080. The highest BCUT2D eigenvalue weighted by Gasteiger charge is 2.15. The van der Waals surface area contributed by atoms with E-state index in [1.807, 2.05) is 6.07 Å². The second kappa shape index (κ2) is 7.31. The van der Waals surface area contributed by atoms with E-state index < -0.39 is 9.84 Å². The minimum absolute atomic E-state index is 0.0258. The molecule has 25 heavy (non-hydrogen) atoms. The summed E-state index contributed by atoms with van der Waals surface area (Å²) in [6, 6.07) is 13.7. The van der Waals surface area contributed by atoms with Crippen LogP contribution in [0.25, 0.3) is 10.9 Å². The second-order valence-electron chi connectivity index (χ2n) is 5.40. The molecule has 2 aromatic carbocycles. The van der Waals surface area contributed by atoms with Crippen molar-refractivity contribution in [1.29, 1.82) is 0 Å². The Morgan fingerprint density at radius 3 is 2.52 bits per heavy atom. The van der Waals surface area contributed by atoms with Gasteiger partial charge in [-0.25, -0.2) is 13.4 Å². The number of aromatic nitrogens is 2. The lowest BCUT2D eigenvalue weighted by molar-refractivity contribution is 0.597. The summed E-state index contributed by atoms with van der Waals surface area (Å²) >= 11 is 4.55. The van der Waals surface area contributed by atoms with Crippen molar-refractivity contribution in [2.45, 2.75) is 10.1 Å². The molecule has 0 bridgehead atoms. The zero-order valence-corrected chi connectivity index (χ0v) is 16.6. The lowest BCUT2D eigenvalue weighted by Crippen LogP contribution is -2.20. The summed E-state index contributed by atoms with van der Waals surface area (Å²) in [5.74, 6) is 0.291. The molecule has 0 N–H and O–H groups in total. The normalized spacial score (nSPS) is 11.8. The van der Waals surface area contributed by atoms with Gasteiger partial charge in [-0.2, -0.15) is 0 Å². The summed E-state index contributed by atoms with van der Waals surface area (Å²) in [7, 11) is -1.72. The Morgan fingerprint density at radius 2 is 1.80 bits per heavy atom. The van der Waals surface area contributed by atoms with Gasteiger partial charge in [0.25, 0.3) is 5.56 Å². The number of fused-ring (bicyclic) bond motifs is 1. The van der Waals surface area contributed by atoms with Crippen LogP contribution in [0, 0.1) is 0 Å². The van der Waals surface area contributed by atoms with Crippen LogP contribution < -0.4 is 5.56 Å². The highest BCUT2D eigenvalue weighted by molar-refractivity contribution is 9.10. The summed E-state index contributed by atoms with van der Waals surface area (Å²) in [4.78, 5) is 17.1. The van der Waals surface area contributed by atoms with E-state index in [1.165, 1.54) is 16.3 Å². The Labute approximate surface area is 158 Å². The summed E-state index contributed by atoms with van der Waals surface area (Å²) < 4.78 is 27.0. The predicted molar refractivity (Wildman–Crippen MR) is 104 cm³/mol. The fourth-order valence-corrected chi connectivity index (χ4v) is 5.21. The zero-order valence-electron chi connectivity index (χ0n) is 13.3. The number of para-hydroxylation sites is 1. The number of hydrogen-bond donors (Lipinski definition) is 0. The number of hydrogen-bond acceptors (Lipinski definition) is 5. The lowest BCUT2D eigenvalue weighted by Gasteiger charge is -2.09. The predicted octanol–water partition coefficient (Wildman–Crippen LogP) is 3.26. The smallest absolute Gasteiger partial charge is 0.261 e. The van der Waals surface area contributed by atoms with Crippen LogP contribution in [0.5, 0.6) is 0 Å². The molecule has 3 rings (SSSR count). The first kappa shape index (κ1) is 18.2. The van der Waals surface area contributed by atoms with E-state index in [9.17, 15) is 13.2 Å². The van der Waals surface area contributed by atoms with E-state index in [0.717, 1.165) is 4.47 Å². The molecule has 0 aliphatic carbocycles. The van der Waals surface area contributed by atoms with Crippen LogP contribution in [0.4, 0.5) is 0 Å². The Balaban J connectivity index is 1.78. The Morgan fingerprint density at radius 1 is 1.12 bits per heavy atom. The van der Waals surface area contributed by atoms with Crippen molar-refractivity contribution in [3.05, 3.63) is 63.4 Å². The molecule has 0 aliphatic heterocycles. The van der Waals surface area contributed by atoms with Crippen LogP contribution in [0.2, 0.25) is 0 Å². The van der Waals surface area contributed by atoms with Gasteiger partial charge in [0.15, 0.2) is 15.0 Å². The maximum Gasteiger partial charge on any atom is 0.261 e. The Kier molecular flexibility index (Phi) is 5.31. The van der Waals surface area contributed by atoms with Crippen LogP contribution in [0.1, 0.15) is 0 Å². The number of nitrogens with zero attached hydrogens (tertiary/aromatic N) is 2. The van der Waals surface area contributed by atoms with E-state index in [0.29, 0.717) is 21.8 Å². The molecule has 0 unspecified atom stereocenters. The minimum atomic E-state index is -3.37. The fraction of sp³-hybridized carbons (Fsp3) is 0.176. The van der Waals surface area contributed by atoms with Gasteiger partial charge >= 0.3 is 0 Å². The Hall–Kier alpha value is -1.64. The third-order valence-corrected chi connectivity index (χ3v) is 7.25. The highest BCUT2D eigenvalue weighted by Crippen LogP contribution is 2.20. The molecule has 0 radical (unpaired) electrons. The third-order valence-electron chi connectivity index (χ3n) is 3.70. The summed E-state index contributed by atoms with van der Waals surface area (Å²) in [6.07, 6.45) is 0. The quantitative estimate of drug-likeness (QED) is 0.451. The van der Waals surface area contributed by atoms with Gasteiger partial charge in [-0.3, -0.25) is 9.36 Å². The number of sulfone groups is 1. The molecule has 130 valence electrons. The first-order chi connectivity index (χ1) is 11.9. The van der Waals surface area contributed by atoms with Gasteiger partial charge in [0.2, 0.25) is 0 Å². The zero-order chi connectivity index (χ0) is 18.0. The second-order valence-corrected chi connectivity index (χ2v) is 9.48. The number of thioether (sulfide) groups is 1. The van der Waals surface area contributed by atoms with Gasteiger partial charge in [0.1, 0.15) is 0 Å². The van der Waals surface area contributed by atoms with E-state index in [4.69, 9.17) is 0 Å². The van der Waals surface area contributed by atoms with Crippen LogP contribution in [-0.4, -0.2) is 29.5 Å². The SMILES string of the molecule is Cn1c(SCCS(=O)(=O)c2ccc(Br)cc2)nc2ccccc2c1=O. The molecule has 0 saturated heterocycles. The minimum Gasteiger partial charge on any atom is -0.290 e. The van der Waals surface area contributed by atoms with E-state index in [-0.39, 0.29) is 16.2 Å². The van der Waals surface area contributed by atoms with Crippen molar-refractivity contribution in [3.8, 4) is 0 Å². The first-order valence-corrected chi connectivity index (χ1v) is 10.9. The maximum atomic E-state index is 12.4. The number of rotatable bonds is 5. The standard InChI is InChI=1S/C17H15BrN2O3S2/c1-20-16(21)14-4-2-3-5-15(14)19-17(20)24-10-11-25(22,23)13-8-6-12(18)7-9-13/h2-9H,10-11H2,1H3. The largest absolute Gasteiger partial charge is 0.290 e. The molecular weight excluding hydrogens is 424 g/mol. The molecule has 3 aromatic rings. The molecule has 0 aliphatic rings. The number of halogens is 1. The molecule has 1 heterocycles. The van der Waals surface area contributed by atoms with Crippen molar-refractivity contribution in [2.75, 3.05) is 11.5 Å². The lowest BCUT2D eigenvalue weighted by atomic mass is 10.2. The monoisotopic (exact) mass is 438 g/mol. The molecule has 1 aromatic heterocycles. The van der Waals surface area contributed by atoms with Crippen molar-refractivity contribution in [2.24, 2.45) is 7.05 Å². The van der Waals surface area contributed by atoms with Crippen LogP contribution >= 0.6 is 27.7 Å². The molecular formula is C17H15BrN2O3S2. The van der Waals surface area contributed by atoms with E-state index in [1.54, 1.807) is 49.5 Å². The summed E-state index contributed by atoms with van der Waals surface area (Å²) in [5.41, 5.74) is 0.479. The van der Waals surface area contributed by atoms with Gasteiger partial charge in [-0.05, 0) is 36.4 Å². The van der Waals surface area contributed by atoms with Crippen LogP contribution in [-0.2, 0) is 16.9 Å². The molecule has 0 amide bonds. The molecule has 0 saturated carbocycles. The van der Waals surface area contributed by atoms with Crippen molar-refractivity contribution < 1.29 is 8.42 Å². The van der Waals surface area contributed by atoms with Gasteiger partial charge < -0.3 is 0 Å². The molecule has 8 heteroatoms. The summed E-state index contributed by atoms with van der Waals surface area (Å²) in [5, 5.41) is 1.06.